The first-order valence-corrected chi connectivity index (χ1v) is 5.32. The minimum absolute atomic E-state index is 0.695. The van der Waals surface area contributed by atoms with Crippen molar-refractivity contribution in [3.8, 4) is 11.3 Å². The van der Waals surface area contributed by atoms with E-state index >= 15 is 0 Å². The predicted molar refractivity (Wildman–Crippen MR) is 62.8 cm³/mol. The molecule has 0 saturated heterocycles. The van der Waals surface area contributed by atoms with Crippen molar-refractivity contribution < 1.29 is 4.52 Å². The maximum Gasteiger partial charge on any atom is 0.151 e. The Labute approximate surface area is 96.0 Å². The van der Waals surface area contributed by atoms with E-state index in [2.05, 4.69) is 31.6 Å². The second kappa shape index (κ2) is 4.56. The van der Waals surface area contributed by atoms with E-state index in [0.717, 1.165) is 17.0 Å². The summed E-state index contributed by atoms with van der Waals surface area (Å²) in [6.07, 6.45) is 0. The van der Waals surface area contributed by atoms with Gasteiger partial charge in [0.25, 0.3) is 0 Å². The van der Waals surface area contributed by atoms with E-state index in [1.165, 1.54) is 0 Å². The number of rotatable bonds is 3. The van der Waals surface area contributed by atoms with E-state index in [0.29, 0.717) is 6.54 Å². The Morgan fingerprint density at radius 3 is 2.79 bits per heavy atom. The van der Waals surface area contributed by atoms with Crippen LogP contribution in [0, 0.1) is 0 Å². The molecule has 0 saturated carbocycles. The van der Waals surface area contributed by atoms with Gasteiger partial charge in [0.15, 0.2) is 5.76 Å². The van der Waals surface area contributed by atoms with Crippen LogP contribution >= 0.6 is 22.9 Å². The molecule has 3 nitrogen and oxygen atoms in total. The SMILES string of the molecule is INCc1cc(-c2ccccc2)no1. The van der Waals surface area contributed by atoms with Crippen molar-refractivity contribution >= 4 is 22.9 Å². The highest BCUT2D eigenvalue weighted by atomic mass is 127. The minimum atomic E-state index is 0.695. The largest absolute Gasteiger partial charge is 0.359 e. The molecule has 0 aliphatic carbocycles. The van der Waals surface area contributed by atoms with Gasteiger partial charge in [-0.1, -0.05) is 35.5 Å². The van der Waals surface area contributed by atoms with Crippen molar-refractivity contribution in [1.29, 1.82) is 0 Å². The second-order valence-corrected chi connectivity index (χ2v) is 3.62. The van der Waals surface area contributed by atoms with Crippen LogP contribution in [0.2, 0.25) is 0 Å². The molecule has 1 N–H and O–H groups in total. The van der Waals surface area contributed by atoms with Crippen LogP contribution < -0.4 is 3.53 Å². The molecule has 1 heterocycles. The van der Waals surface area contributed by atoms with Gasteiger partial charge in [0.2, 0.25) is 0 Å². The average Bonchev–Trinajstić information content (AvgIpc) is 2.68. The monoisotopic (exact) mass is 300 g/mol. The van der Waals surface area contributed by atoms with Crippen LogP contribution in [0.5, 0.6) is 0 Å². The number of nitrogens with zero attached hydrogens (tertiary/aromatic N) is 1. The number of hydrogen-bond acceptors (Lipinski definition) is 3. The van der Waals surface area contributed by atoms with Gasteiger partial charge in [0.1, 0.15) is 5.69 Å². The highest BCUT2D eigenvalue weighted by Gasteiger charge is 2.04. The van der Waals surface area contributed by atoms with Gasteiger partial charge in [-0.15, -0.1) is 0 Å². The molecule has 1 aromatic heterocycles. The molecule has 2 rings (SSSR count). The lowest BCUT2D eigenvalue weighted by atomic mass is 10.1. The van der Waals surface area contributed by atoms with E-state index in [4.69, 9.17) is 4.52 Å². The summed E-state index contributed by atoms with van der Waals surface area (Å²) in [6, 6.07) is 11.9. The van der Waals surface area contributed by atoms with Crippen LogP contribution in [0.3, 0.4) is 0 Å². The Morgan fingerprint density at radius 1 is 1.29 bits per heavy atom. The Hall–Kier alpha value is -0.880. The van der Waals surface area contributed by atoms with Crippen LogP contribution in [0.4, 0.5) is 0 Å². The number of hydrogen-bond donors (Lipinski definition) is 1. The summed E-state index contributed by atoms with van der Waals surface area (Å²) in [5.74, 6) is 0.846. The third kappa shape index (κ3) is 2.13. The Morgan fingerprint density at radius 2 is 2.07 bits per heavy atom. The third-order valence-corrected chi connectivity index (χ3v) is 2.25. The Balaban J connectivity index is 2.25. The fraction of sp³-hybridized carbons (Fsp3) is 0.100. The summed E-state index contributed by atoms with van der Waals surface area (Å²) in [4.78, 5) is 0. The normalized spacial score (nSPS) is 10.4. The topological polar surface area (TPSA) is 38.1 Å². The molecule has 0 atom stereocenters. The predicted octanol–water partition coefficient (Wildman–Crippen LogP) is 2.78. The molecule has 1 aromatic carbocycles. The lowest BCUT2D eigenvalue weighted by Gasteiger charge is -1.91. The molecule has 14 heavy (non-hydrogen) atoms. The van der Waals surface area contributed by atoms with Crippen LogP contribution in [-0.2, 0) is 6.54 Å². The van der Waals surface area contributed by atoms with Crippen molar-refractivity contribution in [2.45, 2.75) is 6.54 Å². The minimum Gasteiger partial charge on any atom is -0.359 e. The van der Waals surface area contributed by atoms with Gasteiger partial charge in [-0.2, -0.15) is 0 Å². The zero-order chi connectivity index (χ0) is 9.80. The Bertz CT molecular complexity index is 400. The molecule has 0 unspecified atom stereocenters. The van der Waals surface area contributed by atoms with Gasteiger partial charge in [-0.25, -0.2) is 0 Å². The summed E-state index contributed by atoms with van der Waals surface area (Å²) in [6.45, 7) is 0.695. The van der Waals surface area contributed by atoms with Gasteiger partial charge in [0.05, 0.1) is 6.54 Å². The quantitative estimate of drug-likeness (QED) is 0.699. The van der Waals surface area contributed by atoms with Gasteiger partial charge >= 0.3 is 0 Å². The van der Waals surface area contributed by atoms with Crippen LogP contribution in [0.15, 0.2) is 40.9 Å². The molecule has 0 radical (unpaired) electrons. The molecule has 0 fully saturated rings. The average molecular weight is 300 g/mol. The summed E-state index contributed by atoms with van der Waals surface area (Å²) in [7, 11) is 0. The molecule has 72 valence electrons. The molecular weight excluding hydrogens is 291 g/mol. The molecule has 0 aliphatic heterocycles. The van der Waals surface area contributed by atoms with Crippen LogP contribution in [0.1, 0.15) is 5.76 Å². The number of benzene rings is 1. The van der Waals surface area contributed by atoms with E-state index in [9.17, 15) is 0 Å². The Kier molecular flexibility index (Phi) is 3.15. The molecule has 0 amide bonds. The lowest BCUT2D eigenvalue weighted by molar-refractivity contribution is 0.385. The van der Waals surface area contributed by atoms with Crippen molar-refractivity contribution in [3.05, 3.63) is 42.2 Å². The van der Waals surface area contributed by atoms with E-state index in [1.807, 2.05) is 36.4 Å². The van der Waals surface area contributed by atoms with Crippen molar-refractivity contribution in [2.24, 2.45) is 0 Å². The molecule has 0 bridgehead atoms. The van der Waals surface area contributed by atoms with E-state index in [-0.39, 0.29) is 0 Å². The van der Waals surface area contributed by atoms with Crippen LogP contribution in [-0.4, -0.2) is 5.16 Å². The first kappa shape index (κ1) is 9.67. The van der Waals surface area contributed by atoms with E-state index < -0.39 is 0 Å². The summed E-state index contributed by atoms with van der Waals surface area (Å²) in [5, 5.41) is 3.99. The smallest absolute Gasteiger partial charge is 0.151 e. The summed E-state index contributed by atoms with van der Waals surface area (Å²) >= 11 is 2.08. The fourth-order valence-corrected chi connectivity index (χ4v) is 1.58. The summed E-state index contributed by atoms with van der Waals surface area (Å²) in [5.41, 5.74) is 1.96. The molecule has 0 aliphatic rings. The lowest BCUT2D eigenvalue weighted by Crippen LogP contribution is -1.94. The van der Waals surface area contributed by atoms with Crippen LogP contribution in [0.25, 0.3) is 11.3 Å². The first-order chi connectivity index (χ1) is 6.90. The fourth-order valence-electron chi connectivity index (χ4n) is 1.21. The zero-order valence-electron chi connectivity index (χ0n) is 7.40. The third-order valence-electron chi connectivity index (χ3n) is 1.87. The molecule has 0 spiro atoms. The maximum absolute atomic E-state index is 5.14. The standard InChI is InChI=1S/C10H9IN2O/c11-12-7-9-6-10(13-14-9)8-4-2-1-3-5-8/h1-6,12H,7H2. The number of halogens is 1. The van der Waals surface area contributed by atoms with Crippen molar-refractivity contribution in [2.75, 3.05) is 0 Å². The number of aromatic nitrogens is 1. The van der Waals surface area contributed by atoms with Gasteiger partial charge < -0.3 is 4.52 Å². The summed E-state index contributed by atoms with van der Waals surface area (Å²) < 4.78 is 8.13. The number of nitrogens with one attached hydrogen (secondary N) is 1. The van der Waals surface area contributed by atoms with Gasteiger partial charge in [-0.3, -0.25) is 3.53 Å². The maximum atomic E-state index is 5.14. The molecular formula is C10H9IN2O. The highest BCUT2D eigenvalue weighted by Crippen LogP contribution is 2.18. The molecule has 4 heteroatoms. The second-order valence-electron chi connectivity index (χ2n) is 2.85. The van der Waals surface area contributed by atoms with Gasteiger partial charge in [0, 0.05) is 34.5 Å². The van der Waals surface area contributed by atoms with E-state index in [1.54, 1.807) is 0 Å². The van der Waals surface area contributed by atoms with Gasteiger partial charge in [-0.05, 0) is 0 Å². The zero-order valence-corrected chi connectivity index (χ0v) is 9.56. The van der Waals surface area contributed by atoms with Crippen molar-refractivity contribution in [3.63, 3.8) is 0 Å². The highest BCUT2D eigenvalue weighted by molar-refractivity contribution is 14.1. The first-order valence-electron chi connectivity index (χ1n) is 4.24. The molecule has 2 aromatic rings. The van der Waals surface area contributed by atoms with Crippen molar-refractivity contribution in [1.82, 2.24) is 8.69 Å².